The highest BCUT2D eigenvalue weighted by molar-refractivity contribution is 5.92. The summed E-state index contributed by atoms with van der Waals surface area (Å²) in [6.45, 7) is 0. The number of rotatable bonds is 2. The third kappa shape index (κ3) is 1.25. The summed E-state index contributed by atoms with van der Waals surface area (Å²) < 4.78 is 3.13. The number of amides is 1. The third-order valence-corrected chi connectivity index (χ3v) is 1.75. The molecule has 7 nitrogen and oxygen atoms in total. The van der Waals surface area contributed by atoms with E-state index in [-0.39, 0.29) is 5.91 Å². The summed E-state index contributed by atoms with van der Waals surface area (Å²) in [4.78, 5) is 11.3. The van der Waals surface area contributed by atoms with Crippen molar-refractivity contribution in [1.29, 1.82) is 0 Å². The molecule has 0 aromatic carbocycles. The van der Waals surface area contributed by atoms with Crippen LogP contribution in [0.4, 0.5) is 0 Å². The lowest BCUT2D eigenvalue weighted by Gasteiger charge is -2.06. The molecule has 3 N–H and O–H groups in total. The van der Waals surface area contributed by atoms with Gasteiger partial charge < -0.3 is 0 Å². The predicted molar refractivity (Wildman–Crippen MR) is 46.9 cm³/mol. The van der Waals surface area contributed by atoms with Gasteiger partial charge in [0.15, 0.2) is 0 Å². The Kier molecular flexibility index (Phi) is 1.99. The molecule has 0 bridgehead atoms. The van der Waals surface area contributed by atoms with E-state index in [0.29, 0.717) is 5.69 Å². The molecule has 2 heterocycles. The van der Waals surface area contributed by atoms with E-state index in [1.807, 2.05) is 0 Å². The van der Waals surface area contributed by atoms with Crippen LogP contribution in [0.3, 0.4) is 0 Å². The van der Waals surface area contributed by atoms with Crippen molar-refractivity contribution in [3.8, 4) is 0 Å². The lowest BCUT2D eigenvalue weighted by atomic mass is 10.4. The zero-order valence-electron chi connectivity index (χ0n) is 7.16. The fourth-order valence-corrected chi connectivity index (χ4v) is 1.13. The molecule has 0 saturated carbocycles. The van der Waals surface area contributed by atoms with Gasteiger partial charge in [0.2, 0.25) is 0 Å². The molecule has 0 unspecified atom stereocenters. The maximum atomic E-state index is 11.3. The van der Waals surface area contributed by atoms with Gasteiger partial charge in [-0.05, 0) is 12.1 Å². The molecule has 0 aliphatic carbocycles. The molecule has 0 atom stereocenters. The second kappa shape index (κ2) is 3.30. The van der Waals surface area contributed by atoms with Crippen molar-refractivity contribution in [2.45, 2.75) is 0 Å². The Morgan fingerprint density at radius 1 is 1.43 bits per heavy atom. The van der Waals surface area contributed by atoms with Gasteiger partial charge in [0.25, 0.3) is 5.91 Å². The van der Waals surface area contributed by atoms with E-state index < -0.39 is 0 Å². The molecule has 1 amide bonds. The minimum absolute atomic E-state index is 0.372. The normalized spacial score (nSPS) is 10.1. The second-order valence-corrected chi connectivity index (χ2v) is 2.55. The first kappa shape index (κ1) is 8.45. The third-order valence-electron chi connectivity index (χ3n) is 1.75. The molecule has 0 aliphatic rings. The molecular weight excluding hydrogens is 184 g/mol. The fourth-order valence-electron chi connectivity index (χ4n) is 1.13. The summed E-state index contributed by atoms with van der Waals surface area (Å²) in [6, 6.07) is 3.37. The number of hydrazine groups is 1. The molecule has 0 fully saturated rings. The van der Waals surface area contributed by atoms with Crippen molar-refractivity contribution in [1.82, 2.24) is 25.0 Å². The lowest BCUT2D eigenvalue weighted by Crippen LogP contribution is -2.32. The summed E-state index contributed by atoms with van der Waals surface area (Å²) in [5.74, 6) is 4.66. The molecule has 2 aromatic rings. The van der Waals surface area contributed by atoms with Crippen LogP contribution < -0.4 is 11.3 Å². The van der Waals surface area contributed by atoms with Gasteiger partial charge in [-0.1, -0.05) is 0 Å². The van der Waals surface area contributed by atoms with Crippen LogP contribution in [0, 0.1) is 0 Å². The highest BCUT2D eigenvalue weighted by Crippen LogP contribution is 2.01. The van der Waals surface area contributed by atoms with Gasteiger partial charge in [-0.15, -0.1) is 10.2 Å². The van der Waals surface area contributed by atoms with Crippen molar-refractivity contribution in [3.05, 3.63) is 36.7 Å². The van der Waals surface area contributed by atoms with Gasteiger partial charge in [0, 0.05) is 6.20 Å². The average Bonchev–Trinajstić information content (AvgIpc) is 2.85. The van der Waals surface area contributed by atoms with Crippen molar-refractivity contribution in [2.24, 2.45) is 5.84 Å². The fraction of sp³-hybridized carbons (Fsp3) is 0. The Bertz CT molecular complexity index is 431. The number of carbonyl (C=O) groups is 1. The first-order valence-electron chi connectivity index (χ1n) is 3.86. The maximum Gasteiger partial charge on any atom is 0.283 e. The van der Waals surface area contributed by atoms with Gasteiger partial charge in [-0.25, -0.2) is 15.2 Å². The number of nitrogen functional groups attached to an aromatic ring is 1. The first-order valence-corrected chi connectivity index (χ1v) is 3.86. The zero-order valence-corrected chi connectivity index (χ0v) is 7.16. The van der Waals surface area contributed by atoms with Crippen LogP contribution in [0.5, 0.6) is 0 Å². The number of carbonyl (C=O) groups excluding carboxylic acids is 1. The van der Waals surface area contributed by atoms with Gasteiger partial charge in [-0.2, -0.15) is 0 Å². The Hall–Kier alpha value is -2.15. The largest absolute Gasteiger partial charge is 0.289 e. The predicted octanol–water partition coefficient (Wildman–Crippen LogP) is -1.01. The van der Waals surface area contributed by atoms with E-state index in [1.165, 1.54) is 12.7 Å². The first-order chi connectivity index (χ1) is 6.83. The highest BCUT2D eigenvalue weighted by atomic mass is 16.2. The number of nitrogens with zero attached hydrogens (tertiary/aromatic N) is 4. The van der Waals surface area contributed by atoms with Crippen LogP contribution in [-0.2, 0) is 0 Å². The van der Waals surface area contributed by atoms with E-state index in [4.69, 9.17) is 5.84 Å². The van der Waals surface area contributed by atoms with E-state index in [0.717, 1.165) is 0 Å². The molecule has 14 heavy (non-hydrogen) atoms. The van der Waals surface area contributed by atoms with Crippen LogP contribution in [0.25, 0.3) is 0 Å². The zero-order chi connectivity index (χ0) is 9.97. The van der Waals surface area contributed by atoms with Gasteiger partial charge in [0.05, 0.1) is 0 Å². The van der Waals surface area contributed by atoms with E-state index >= 15 is 0 Å². The molecule has 7 heteroatoms. The molecule has 2 aromatic heterocycles. The summed E-state index contributed by atoms with van der Waals surface area (Å²) in [5.41, 5.74) is 2.47. The molecule has 0 radical (unpaired) electrons. The quantitative estimate of drug-likeness (QED) is 0.362. The summed E-state index contributed by atoms with van der Waals surface area (Å²) in [6.07, 6.45) is 4.66. The molecule has 2 rings (SSSR count). The molecular formula is C7H8N6O. The number of nitrogens with two attached hydrogens (primary N) is 1. The van der Waals surface area contributed by atoms with Crippen molar-refractivity contribution < 1.29 is 4.79 Å². The van der Waals surface area contributed by atoms with Crippen molar-refractivity contribution in [3.63, 3.8) is 0 Å². The summed E-state index contributed by atoms with van der Waals surface area (Å²) in [5, 5.41) is 7.27. The van der Waals surface area contributed by atoms with E-state index in [1.54, 1.807) is 27.7 Å². The van der Waals surface area contributed by atoms with Crippen molar-refractivity contribution >= 4 is 5.91 Å². The number of hydrogen-bond donors (Lipinski definition) is 2. The topological polar surface area (TPSA) is 90.8 Å². The standard InChI is InChI=1S/C7H8N6O/c8-11-7(14)6-2-1-3-13(6)12-4-9-10-5-12/h1-5H,8H2,(H,11,14). The van der Waals surface area contributed by atoms with Crippen LogP contribution in [0.15, 0.2) is 31.0 Å². The average molecular weight is 192 g/mol. The van der Waals surface area contributed by atoms with Crippen molar-refractivity contribution in [2.75, 3.05) is 0 Å². The molecule has 0 spiro atoms. The van der Waals surface area contributed by atoms with E-state index in [2.05, 4.69) is 15.6 Å². The van der Waals surface area contributed by atoms with Crippen LogP contribution in [0.2, 0.25) is 0 Å². The summed E-state index contributed by atoms with van der Waals surface area (Å²) >= 11 is 0. The lowest BCUT2D eigenvalue weighted by molar-refractivity contribution is 0.0943. The number of hydrogen-bond acceptors (Lipinski definition) is 4. The highest BCUT2D eigenvalue weighted by Gasteiger charge is 2.09. The van der Waals surface area contributed by atoms with Gasteiger partial charge in [0.1, 0.15) is 18.3 Å². The number of aromatic nitrogens is 4. The van der Waals surface area contributed by atoms with Crippen LogP contribution >= 0.6 is 0 Å². The Morgan fingerprint density at radius 2 is 2.14 bits per heavy atom. The molecule has 0 saturated heterocycles. The second-order valence-electron chi connectivity index (χ2n) is 2.55. The minimum Gasteiger partial charge on any atom is -0.289 e. The molecule has 0 aliphatic heterocycles. The molecule has 72 valence electrons. The number of nitrogens with one attached hydrogen (secondary N) is 1. The maximum absolute atomic E-state index is 11.3. The smallest absolute Gasteiger partial charge is 0.283 e. The Morgan fingerprint density at radius 3 is 2.79 bits per heavy atom. The summed E-state index contributed by atoms with van der Waals surface area (Å²) in [7, 11) is 0. The van der Waals surface area contributed by atoms with Crippen LogP contribution in [-0.4, -0.2) is 25.5 Å². The van der Waals surface area contributed by atoms with Crippen LogP contribution in [0.1, 0.15) is 10.5 Å². The Labute approximate surface area is 79.1 Å². The SMILES string of the molecule is NNC(=O)c1cccn1-n1cnnc1. The Balaban J connectivity index is 2.45. The van der Waals surface area contributed by atoms with E-state index in [9.17, 15) is 4.79 Å². The monoisotopic (exact) mass is 192 g/mol. The van der Waals surface area contributed by atoms with Gasteiger partial charge in [-0.3, -0.25) is 10.2 Å². The minimum atomic E-state index is -0.372. The van der Waals surface area contributed by atoms with Gasteiger partial charge >= 0.3 is 0 Å².